The molecule has 0 spiro atoms. The predicted molar refractivity (Wildman–Crippen MR) is 136 cm³/mol. The van der Waals surface area contributed by atoms with Gasteiger partial charge < -0.3 is 18.8 Å². The number of nitrogens with zero attached hydrogens (tertiary/aromatic N) is 4. The standard InChI is InChI=1S/C28H28N4O2/c1-3-31-24-8-5-4-7-21(24)22-17-19(9-11-25(22)31)27-29-23-18-20(28(33)30-13-6-14-30)10-12-26(23)32(27)15-16-34-2/h4-5,7-12,17-18H,3,6,13-16H2,1-2H3. The lowest BCUT2D eigenvalue weighted by atomic mass is 10.1. The molecular weight excluding hydrogens is 424 g/mol. The molecule has 172 valence electrons. The number of benzene rings is 3. The molecule has 0 radical (unpaired) electrons. The van der Waals surface area contributed by atoms with Crippen molar-refractivity contribution in [1.82, 2.24) is 19.0 Å². The summed E-state index contributed by atoms with van der Waals surface area (Å²) in [4.78, 5) is 19.7. The molecule has 1 aliphatic rings. The van der Waals surface area contributed by atoms with E-state index < -0.39 is 0 Å². The van der Waals surface area contributed by atoms with E-state index in [1.165, 1.54) is 21.8 Å². The molecule has 0 saturated carbocycles. The topological polar surface area (TPSA) is 52.3 Å². The fraction of sp³-hybridized carbons (Fsp3) is 0.286. The summed E-state index contributed by atoms with van der Waals surface area (Å²) in [6.07, 6.45) is 1.08. The molecule has 1 amide bonds. The van der Waals surface area contributed by atoms with E-state index in [1.54, 1.807) is 7.11 Å². The van der Waals surface area contributed by atoms with E-state index in [-0.39, 0.29) is 5.91 Å². The van der Waals surface area contributed by atoms with Crippen LogP contribution in [-0.2, 0) is 17.8 Å². The van der Waals surface area contributed by atoms with E-state index in [0.717, 1.165) is 48.5 Å². The summed E-state index contributed by atoms with van der Waals surface area (Å²) in [7, 11) is 1.72. The molecule has 6 nitrogen and oxygen atoms in total. The zero-order valence-electron chi connectivity index (χ0n) is 19.6. The zero-order chi connectivity index (χ0) is 23.2. The van der Waals surface area contributed by atoms with E-state index in [9.17, 15) is 4.79 Å². The lowest BCUT2D eigenvalue weighted by molar-refractivity contribution is 0.0652. The Morgan fingerprint density at radius 1 is 0.941 bits per heavy atom. The fourth-order valence-corrected chi connectivity index (χ4v) is 5.13. The Bertz CT molecular complexity index is 1540. The molecule has 6 heteroatoms. The van der Waals surface area contributed by atoms with Crippen molar-refractivity contribution in [1.29, 1.82) is 0 Å². The quantitative estimate of drug-likeness (QED) is 0.350. The molecule has 0 atom stereocenters. The van der Waals surface area contributed by atoms with Crippen LogP contribution < -0.4 is 0 Å². The molecular formula is C28H28N4O2. The van der Waals surface area contributed by atoms with Gasteiger partial charge in [0.25, 0.3) is 5.91 Å². The first-order chi connectivity index (χ1) is 16.7. The van der Waals surface area contributed by atoms with Crippen LogP contribution in [0.15, 0.2) is 60.7 Å². The first-order valence-electron chi connectivity index (χ1n) is 12.0. The molecule has 3 aromatic carbocycles. The number of aryl methyl sites for hydroxylation is 1. The van der Waals surface area contributed by atoms with E-state index in [2.05, 4.69) is 58.5 Å². The van der Waals surface area contributed by atoms with Crippen LogP contribution in [-0.4, -0.2) is 51.7 Å². The maximum Gasteiger partial charge on any atom is 0.253 e. The number of carbonyl (C=O) groups is 1. The average Bonchev–Trinajstić information content (AvgIpc) is 3.36. The molecule has 0 unspecified atom stereocenters. The average molecular weight is 453 g/mol. The molecule has 1 aliphatic heterocycles. The van der Waals surface area contributed by atoms with Crippen molar-refractivity contribution in [3.63, 3.8) is 0 Å². The van der Waals surface area contributed by atoms with Crippen molar-refractivity contribution < 1.29 is 9.53 Å². The maximum absolute atomic E-state index is 12.8. The normalized spacial score (nSPS) is 13.8. The second kappa shape index (κ2) is 8.29. The number of rotatable bonds is 6. The molecule has 34 heavy (non-hydrogen) atoms. The minimum atomic E-state index is 0.0925. The molecule has 5 aromatic rings. The lowest BCUT2D eigenvalue weighted by Crippen LogP contribution is -2.41. The van der Waals surface area contributed by atoms with Crippen LogP contribution in [0, 0.1) is 0 Å². The minimum absolute atomic E-state index is 0.0925. The number of likely N-dealkylation sites (tertiary alicyclic amines) is 1. The molecule has 0 N–H and O–H groups in total. The zero-order valence-corrected chi connectivity index (χ0v) is 19.6. The van der Waals surface area contributed by atoms with Gasteiger partial charge in [-0.15, -0.1) is 0 Å². The van der Waals surface area contributed by atoms with Crippen LogP contribution in [0.2, 0.25) is 0 Å². The van der Waals surface area contributed by atoms with E-state index in [1.807, 2.05) is 23.1 Å². The van der Waals surface area contributed by atoms with Crippen molar-refractivity contribution >= 4 is 38.7 Å². The first-order valence-corrected chi connectivity index (χ1v) is 12.0. The summed E-state index contributed by atoms with van der Waals surface area (Å²) in [5.74, 6) is 0.991. The number of aromatic nitrogens is 3. The summed E-state index contributed by atoms with van der Waals surface area (Å²) in [6.45, 7) is 6.07. The molecule has 0 bridgehead atoms. The smallest absolute Gasteiger partial charge is 0.253 e. The Balaban J connectivity index is 1.52. The highest BCUT2D eigenvalue weighted by Gasteiger charge is 2.23. The van der Waals surface area contributed by atoms with Gasteiger partial charge in [0.05, 0.1) is 17.6 Å². The van der Waals surface area contributed by atoms with Crippen molar-refractivity contribution in [2.45, 2.75) is 26.4 Å². The van der Waals surface area contributed by atoms with Crippen molar-refractivity contribution in [3.8, 4) is 11.4 Å². The summed E-state index contributed by atoms with van der Waals surface area (Å²) < 4.78 is 9.97. The van der Waals surface area contributed by atoms with Gasteiger partial charge in [0, 0.05) is 66.2 Å². The summed E-state index contributed by atoms with van der Waals surface area (Å²) in [6, 6.07) is 21.1. The lowest BCUT2D eigenvalue weighted by Gasteiger charge is -2.30. The van der Waals surface area contributed by atoms with Crippen LogP contribution in [0.25, 0.3) is 44.2 Å². The van der Waals surface area contributed by atoms with E-state index >= 15 is 0 Å². The van der Waals surface area contributed by atoms with Crippen molar-refractivity contribution in [2.24, 2.45) is 0 Å². The van der Waals surface area contributed by atoms with Gasteiger partial charge in [-0.3, -0.25) is 4.79 Å². The van der Waals surface area contributed by atoms with Gasteiger partial charge >= 0.3 is 0 Å². The summed E-state index contributed by atoms with van der Waals surface area (Å²) in [5, 5.41) is 2.48. The van der Waals surface area contributed by atoms with Gasteiger partial charge in [-0.25, -0.2) is 4.98 Å². The monoisotopic (exact) mass is 452 g/mol. The highest BCUT2D eigenvalue weighted by Crippen LogP contribution is 2.34. The second-order valence-corrected chi connectivity index (χ2v) is 8.92. The van der Waals surface area contributed by atoms with Crippen LogP contribution in [0.4, 0.5) is 0 Å². The maximum atomic E-state index is 12.8. The predicted octanol–water partition coefficient (Wildman–Crippen LogP) is 5.32. The number of methoxy groups -OCH3 is 1. The molecule has 3 heterocycles. The second-order valence-electron chi connectivity index (χ2n) is 8.92. The Kier molecular flexibility index (Phi) is 5.11. The van der Waals surface area contributed by atoms with Gasteiger partial charge in [0.1, 0.15) is 5.82 Å². The summed E-state index contributed by atoms with van der Waals surface area (Å²) >= 11 is 0. The highest BCUT2D eigenvalue weighted by molar-refractivity contribution is 6.09. The number of amides is 1. The van der Waals surface area contributed by atoms with E-state index in [4.69, 9.17) is 9.72 Å². The molecule has 1 saturated heterocycles. The third kappa shape index (κ3) is 3.21. The van der Waals surface area contributed by atoms with Crippen molar-refractivity contribution in [2.75, 3.05) is 26.8 Å². The van der Waals surface area contributed by atoms with Crippen LogP contribution >= 0.6 is 0 Å². The van der Waals surface area contributed by atoms with Gasteiger partial charge in [-0.2, -0.15) is 0 Å². The molecule has 6 rings (SSSR count). The number of ether oxygens (including phenoxy) is 1. The Labute approximate surface area is 198 Å². The third-order valence-electron chi connectivity index (χ3n) is 7.00. The minimum Gasteiger partial charge on any atom is -0.383 e. The van der Waals surface area contributed by atoms with Gasteiger partial charge in [0.2, 0.25) is 0 Å². The van der Waals surface area contributed by atoms with Gasteiger partial charge in [-0.05, 0) is 55.8 Å². The number of hydrogen-bond acceptors (Lipinski definition) is 3. The third-order valence-corrected chi connectivity index (χ3v) is 7.00. The molecule has 2 aromatic heterocycles. The van der Waals surface area contributed by atoms with E-state index in [0.29, 0.717) is 18.7 Å². The SMILES string of the molecule is CCn1c2ccccc2c2cc(-c3nc4cc(C(=O)N5CCC5)ccc4n3CCOC)ccc21. The number of hydrogen-bond donors (Lipinski definition) is 0. The van der Waals surface area contributed by atoms with Crippen LogP contribution in [0.3, 0.4) is 0 Å². The summed E-state index contributed by atoms with van der Waals surface area (Å²) in [5.41, 5.74) is 6.11. The fourth-order valence-electron chi connectivity index (χ4n) is 5.13. The number of para-hydroxylation sites is 1. The van der Waals surface area contributed by atoms with Crippen molar-refractivity contribution in [3.05, 3.63) is 66.2 Å². The van der Waals surface area contributed by atoms with Gasteiger partial charge in [0.15, 0.2) is 0 Å². The molecule has 1 fully saturated rings. The number of imidazole rings is 1. The first kappa shape index (κ1) is 20.9. The largest absolute Gasteiger partial charge is 0.383 e. The highest BCUT2D eigenvalue weighted by atomic mass is 16.5. The van der Waals surface area contributed by atoms with Gasteiger partial charge in [-0.1, -0.05) is 18.2 Å². The Hall–Kier alpha value is -3.64. The van der Waals surface area contributed by atoms with Crippen LogP contribution in [0.5, 0.6) is 0 Å². The number of fused-ring (bicyclic) bond motifs is 4. The Morgan fingerprint density at radius 3 is 2.50 bits per heavy atom. The number of carbonyl (C=O) groups excluding carboxylic acids is 1. The van der Waals surface area contributed by atoms with Crippen LogP contribution in [0.1, 0.15) is 23.7 Å². The molecule has 0 aliphatic carbocycles. The Morgan fingerprint density at radius 2 is 1.74 bits per heavy atom.